The summed E-state index contributed by atoms with van der Waals surface area (Å²) in [6, 6.07) is 3.26. The molecular weight excluding hydrogens is 222 g/mol. The zero-order valence-corrected chi connectivity index (χ0v) is 9.28. The molecule has 0 N–H and O–H groups in total. The van der Waals surface area contributed by atoms with Crippen molar-refractivity contribution < 1.29 is 9.47 Å². The van der Waals surface area contributed by atoms with Gasteiger partial charge in [0.25, 0.3) is 0 Å². The topological polar surface area (TPSA) is 30.8 Å². The molecule has 1 rings (SSSR count). The van der Waals surface area contributed by atoms with Crippen molar-refractivity contribution in [1.29, 1.82) is 0 Å². The van der Waals surface area contributed by atoms with Crippen LogP contribution in [0, 0.1) is 0 Å². The first-order chi connectivity index (χ1) is 6.72. The fourth-order valence-corrected chi connectivity index (χ4v) is 1.31. The minimum absolute atomic E-state index is 0.465. The summed E-state index contributed by atoms with van der Waals surface area (Å²) in [7, 11) is 3.05. The third kappa shape index (κ3) is 2.23. The molecule has 14 heavy (non-hydrogen) atoms. The van der Waals surface area contributed by atoms with Gasteiger partial charge in [-0.15, -0.1) is 0 Å². The second-order valence-electron chi connectivity index (χ2n) is 2.36. The van der Waals surface area contributed by atoms with E-state index in [1.54, 1.807) is 12.1 Å². The molecule has 0 atom stereocenters. The van der Waals surface area contributed by atoms with E-state index >= 15 is 0 Å². The first kappa shape index (κ1) is 11.0. The fraction of sp³-hybridized carbons (Fsp3) is 0.222. The van der Waals surface area contributed by atoms with Crippen LogP contribution < -0.4 is 9.47 Å². The van der Waals surface area contributed by atoms with Crippen LogP contribution >= 0.6 is 23.8 Å². The van der Waals surface area contributed by atoms with E-state index in [2.05, 4.69) is 22.4 Å². The number of methoxy groups -OCH3 is 2. The van der Waals surface area contributed by atoms with Crippen molar-refractivity contribution in [3.05, 3.63) is 17.2 Å². The van der Waals surface area contributed by atoms with Crippen molar-refractivity contribution in [3.8, 4) is 11.5 Å². The summed E-state index contributed by atoms with van der Waals surface area (Å²) in [5.74, 6) is 1.06. The molecule has 0 aromatic heterocycles. The predicted molar refractivity (Wildman–Crippen MR) is 59.2 cm³/mol. The van der Waals surface area contributed by atoms with Crippen LogP contribution in [-0.2, 0) is 0 Å². The van der Waals surface area contributed by atoms with Crippen molar-refractivity contribution in [2.75, 3.05) is 14.2 Å². The maximum absolute atomic E-state index is 5.89. The number of nitrogens with zero attached hydrogens (tertiary/aromatic N) is 1. The lowest BCUT2D eigenvalue weighted by Crippen LogP contribution is -1.87. The zero-order valence-electron chi connectivity index (χ0n) is 7.70. The molecule has 0 saturated heterocycles. The third-order valence-electron chi connectivity index (χ3n) is 1.62. The van der Waals surface area contributed by atoms with Crippen LogP contribution in [0.5, 0.6) is 11.5 Å². The number of thiocarbonyl (C=S) groups is 1. The van der Waals surface area contributed by atoms with Gasteiger partial charge in [0.2, 0.25) is 0 Å². The van der Waals surface area contributed by atoms with Crippen LogP contribution in [0.25, 0.3) is 0 Å². The minimum atomic E-state index is 0.465. The average Bonchev–Trinajstić information content (AvgIpc) is 2.20. The second kappa shape index (κ2) is 4.96. The van der Waals surface area contributed by atoms with Gasteiger partial charge in [-0.3, -0.25) is 0 Å². The molecule has 0 bridgehead atoms. The molecule has 1 aromatic carbocycles. The summed E-state index contributed by atoms with van der Waals surface area (Å²) in [5, 5.41) is 2.72. The average molecular weight is 230 g/mol. The molecule has 0 amide bonds. The Hall–Kier alpha value is -1.09. The molecule has 0 aliphatic rings. The lowest BCUT2D eigenvalue weighted by molar-refractivity contribution is 0.404. The lowest BCUT2D eigenvalue weighted by atomic mass is 10.3. The van der Waals surface area contributed by atoms with E-state index in [0.29, 0.717) is 22.2 Å². The molecule has 0 spiro atoms. The third-order valence-corrected chi connectivity index (χ3v) is 2.01. The maximum atomic E-state index is 5.89. The van der Waals surface area contributed by atoms with Gasteiger partial charge in [-0.05, 0) is 12.2 Å². The summed E-state index contributed by atoms with van der Waals surface area (Å²) in [6.07, 6.45) is 0. The van der Waals surface area contributed by atoms with Crippen molar-refractivity contribution >= 4 is 34.7 Å². The number of hydrogen-bond donors (Lipinski definition) is 0. The van der Waals surface area contributed by atoms with Gasteiger partial charge in [0.1, 0.15) is 17.2 Å². The Kier molecular flexibility index (Phi) is 3.89. The number of ether oxygens (including phenoxy) is 2. The lowest BCUT2D eigenvalue weighted by Gasteiger charge is -2.07. The van der Waals surface area contributed by atoms with Gasteiger partial charge < -0.3 is 9.47 Å². The number of rotatable bonds is 3. The molecule has 0 heterocycles. The molecule has 0 fully saturated rings. The van der Waals surface area contributed by atoms with E-state index in [1.807, 2.05) is 0 Å². The van der Waals surface area contributed by atoms with E-state index in [1.165, 1.54) is 14.2 Å². The number of halogens is 1. The van der Waals surface area contributed by atoms with Crippen molar-refractivity contribution in [3.63, 3.8) is 0 Å². The molecular formula is C9H8ClNO2S. The summed E-state index contributed by atoms with van der Waals surface area (Å²) < 4.78 is 10.1. The Balaban J connectivity index is 3.31. The fourth-order valence-electron chi connectivity index (χ4n) is 0.981. The Labute approximate surface area is 92.3 Å². The van der Waals surface area contributed by atoms with Crippen molar-refractivity contribution in [1.82, 2.24) is 0 Å². The van der Waals surface area contributed by atoms with E-state index in [0.717, 1.165) is 0 Å². The van der Waals surface area contributed by atoms with Crippen LogP contribution in [0.2, 0.25) is 5.02 Å². The number of benzene rings is 1. The molecule has 0 radical (unpaired) electrons. The summed E-state index contributed by atoms with van der Waals surface area (Å²) in [5.41, 5.74) is 0.545. The highest BCUT2D eigenvalue weighted by Gasteiger charge is 2.08. The monoisotopic (exact) mass is 229 g/mol. The number of aliphatic imine (C=N–C) groups is 1. The first-order valence-electron chi connectivity index (χ1n) is 3.72. The van der Waals surface area contributed by atoms with Gasteiger partial charge >= 0.3 is 0 Å². The van der Waals surface area contributed by atoms with Crippen molar-refractivity contribution in [2.45, 2.75) is 0 Å². The summed E-state index contributed by atoms with van der Waals surface area (Å²) in [6.45, 7) is 0. The normalized spacial score (nSPS) is 9.07. The molecule has 5 heteroatoms. The van der Waals surface area contributed by atoms with Crippen LogP contribution in [0.3, 0.4) is 0 Å². The molecule has 0 aliphatic heterocycles. The highest BCUT2D eigenvalue weighted by Crippen LogP contribution is 2.37. The zero-order chi connectivity index (χ0) is 10.6. The molecule has 0 aliphatic carbocycles. The van der Waals surface area contributed by atoms with Gasteiger partial charge in [-0.1, -0.05) is 11.6 Å². The number of hydrogen-bond acceptors (Lipinski definition) is 4. The predicted octanol–water partition coefficient (Wildman–Crippen LogP) is 3.09. The van der Waals surface area contributed by atoms with Crippen LogP contribution in [0.4, 0.5) is 5.69 Å². The van der Waals surface area contributed by atoms with Crippen molar-refractivity contribution in [2.24, 2.45) is 4.99 Å². The second-order valence-corrected chi connectivity index (χ2v) is 2.95. The van der Waals surface area contributed by atoms with Gasteiger partial charge in [0, 0.05) is 12.1 Å². The molecule has 0 unspecified atom stereocenters. The summed E-state index contributed by atoms with van der Waals surface area (Å²) in [4.78, 5) is 3.83. The van der Waals surface area contributed by atoms with E-state index in [-0.39, 0.29) is 0 Å². The molecule has 74 valence electrons. The maximum Gasteiger partial charge on any atom is 0.147 e. The minimum Gasteiger partial charge on any atom is -0.495 e. The van der Waals surface area contributed by atoms with E-state index in [4.69, 9.17) is 21.1 Å². The smallest absolute Gasteiger partial charge is 0.147 e. The molecule has 1 aromatic rings. The Morgan fingerprint density at radius 1 is 1.29 bits per heavy atom. The Bertz CT molecular complexity index is 389. The van der Waals surface area contributed by atoms with Gasteiger partial charge in [0.15, 0.2) is 0 Å². The van der Waals surface area contributed by atoms with Crippen LogP contribution in [0.1, 0.15) is 0 Å². The molecule has 3 nitrogen and oxygen atoms in total. The molecule has 0 saturated carbocycles. The van der Waals surface area contributed by atoms with Gasteiger partial charge in [-0.2, -0.15) is 4.99 Å². The van der Waals surface area contributed by atoms with Gasteiger partial charge in [0.05, 0.1) is 24.4 Å². The highest BCUT2D eigenvalue weighted by atomic mass is 35.5. The van der Waals surface area contributed by atoms with Crippen LogP contribution in [-0.4, -0.2) is 19.4 Å². The van der Waals surface area contributed by atoms with E-state index < -0.39 is 0 Å². The Morgan fingerprint density at radius 2 is 1.93 bits per heavy atom. The standard InChI is InChI=1S/C9H8ClNO2S/c1-12-8-4-7(11-5-14)9(13-2)3-6(8)10/h3-4H,1-2H3. The quantitative estimate of drug-likeness (QED) is 0.590. The van der Waals surface area contributed by atoms with E-state index in [9.17, 15) is 0 Å². The Morgan fingerprint density at radius 3 is 2.43 bits per heavy atom. The highest BCUT2D eigenvalue weighted by molar-refractivity contribution is 7.78. The number of isothiocyanates is 1. The largest absolute Gasteiger partial charge is 0.495 e. The SMILES string of the molecule is COc1cc(N=C=S)c(OC)cc1Cl. The first-order valence-corrected chi connectivity index (χ1v) is 4.51. The van der Waals surface area contributed by atoms with Crippen LogP contribution in [0.15, 0.2) is 17.1 Å². The summed E-state index contributed by atoms with van der Waals surface area (Å²) >= 11 is 10.4. The van der Waals surface area contributed by atoms with Gasteiger partial charge in [-0.25, -0.2) is 0 Å².